The topological polar surface area (TPSA) is 59.8 Å². The van der Waals surface area contributed by atoms with Gasteiger partial charge in [-0.05, 0) is 43.7 Å². The second kappa shape index (κ2) is 9.74. The largest absolute Gasteiger partial charge is 0.490 e. The number of benzene rings is 2. The smallest absolute Gasteiger partial charge is 0.198 e. The summed E-state index contributed by atoms with van der Waals surface area (Å²) < 4.78 is 11.6. The number of para-hydroxylation sites is 1. The lowest BCUT2D eigenvalue weighted by molar-refractivity contribution is -0.112. The molecule has 2 aromatic carbocycles. The minimum atomic E-state index is -0.137. The van der Waals surface area contributed by atoms with Gasteiger partial charge >= 0.3 is 0 Å². The fraction of sp³-hybridized carbons (Fsp3) is 0.200. The fourth-order valence-corrected chi connectivity index (χ4v) is 3.22. The van der Waals surface area contributed by atoms with Gasteiger partial charge in [0, 0.05) is 12.7 Å². The van der Waals surface area contributed by atoms with Crippen LogP contribution in [0.5, 0.6) is 5.75 Å². The summed E-state index contributed by atoms with van der Waals surface area (Å²) >= 11 is 0. The van der Waals surface area contributed by atoms with Crippen molar-refractivity contribution >= 4 is 22.8 Å². The highest BCUT2D eigenvalue weighted by atomic mass is 16.5. The normalized spacial score (nSPS) is 11.0. The molecule has 1 aromatic heterocycles. The molecule has 5 heteroatoms. The molecule has 0 radical (unpaired) electrons. The van der Waals surface area contributed by atoms with Gasteiger partial charge in [0.05, 0.1) is 24.1 Å². The number of hydrogen-bond donors (Lipinski definition) is 0. The van der Waals surface area contributed by atoms with Crippen molar-refractivity contribution in [2.24, 2.45) is 0 Å². The maximum Gasteiger partial charge on any atom is 0.198 e. The second-order valence-electron chi connectivity index (χ2n) is 6.86. The summed E-state index contributed by atoms with van der Waals surface area (Å²) in [5.74, 6) is 0.859. The van der Waals surface area contributed by atoms with Crippen molar-refractivity contribution < 1.29 is 13.9 Å². The number of ether oxygens (including phenoxy) is 1. The van der Waals surface area contributed by atoms with Crippen LogP contribution in [0.1, 0.15) is 30.7 Å². The molecule has 0 saturated carbocycles. The summed E-state index contributed by atoms with van der Waals surface area (Å²) in [7, 11) is 0. The maximum atomic E-state index is 13.3. The molecule has 5 nitrogen and oxygen atoms in total. The van der Waals surface area contributed by atoms with E-state index in [1.807, 2.05) is 42.2 Å². The lowest BCUT2D eigenvalue weighted by atomic mass is 10.1. The van der Waals surface area contributed by atoms with Crippen molar-refractivity contribution in [3.05, 3.63) is 94.5 Å². The van der Waals surface area contributed by atoms with Crippen molar-refractivity contribution in [1.82, 2.24) is 4.90 Å². The van der Waals surface area contributed by atoms with Crippen LogP contribution >= 0.6 is 0 Å². The molecule has 30 heavy (non-hydrogen) atoms. The third kappa shape index (κ3) is 4.87. The van der Waals surface area contributed by atoms with Crippen molar-refractivity contribution in [2.75, 3.05) is 6.61 Å². The number of ketones is 1. The zero-order chi connectivity index (χ0) is 21.5. The Labute approximate surface area is 175 Å². The van der Waals surface area contributed by atoms with Gasteiger partial charge in [0.1, 0.15) is 5.76 Å². The molecule has 0 aliphatic rings. The van der Waals surface area contributed by atoms with Crippen LogP contribution in [-0.2, 0) is 17.9 Å². The fourth-order valence-electron chi connectivity index (χ4n) is 3.22. The van der Waals surface area contributed by atoms with E-state index < -0.39 is 0 Å². The van der Waals surface area contributed by atoms with Gasteiger partial charge in [0.2, 0.25) is 0 Å². The first-order valence-electron chi connectivity index (χ1n) is 9.84. The van der Waals surface area contributed by atoms with Crippen LogP contribution in [0.4, 0.5) is 0 Å². The van der Waals surface area contributed by atoms with Gasteiger partial charge in [-0.3, -0.25) is 9.59 Å². The van der Waals surface area contributed by atoms with Gasteiger partial charge in [-0.1, -0.05) is 43.0 Å². The molecule has 0 N–H and O–H groups in total. The van der Waals surface area contributed by atoms with E-state index in [4.69, 9.17) is 9.15 Å². The highest BCUT2D eigenvalue weighted by Gasteiger charge is 2.17. The summed E-state index contributed by atoms with van der Waals surface area (Å²) in [5, 5.41) is 0.455. The second-order valence-corrected chi connectivity index (χ2v) is 6.86. The SMILES string of the molecule is C=Cc1oc2c(OCC)cccc2c(=O)c1CN(/C=C/C(C)=O)Cc1ccccc1. The Morgan fingerprint density at radius 3 is 2.57 bits per heavy atom. The van der Waals surface area contributed by atoms with Crippen LogP contribution < -0.4 is 10.2 Å². The quantitative estimate of drug-likeness (QED) is 0.474. The predicted octanol–water partition coefficient (Wildman–Crippen LogP) is 4.94. The first kappa shape index (κ1) is 21.1. The minimum absolute atomic E-state index is 0.0658. The molecule has 3 aromatic rings. The number of fused-ring (bicyclic) bond motifs is 1. The van der Waals surface area contributed by atoms with E-state index >= 15 is 0 Å². The Morgan fingerprint density at radius 2 is 1.90 bits per heavy atom. The van der Waals surface area contributed by atoms with Crippen molar-refractivity contribution in [3.8, 4) is 5.75 Å². The molecule has 0 aliphatic carbocycles. The lowest BCUT2D eigenvalue weighted by Crippen LogP contribution is -2.23. The van der Waals surface area contributed by atoms with Crippen LogP contribution in [0.2, 0.25) is 0 Å². The lowest BCUT2D eigenvalue weighted by Gasteiger charge is -2.21. The molecule has 0 amide bonds. The Hall–Kier alpha value is -3.60. The van der Waals surface area contributed by atoms with Crippen molar-refractivity contribution in [2.45, 2.75) is 26.9 Å². The molecule has 1 heterocycles. The summed E-state index contributed by atoms with van der Waals surface area (Å²) in [6.45, 7) is 8.47. The highest BCUT2D eigenvalue weighted by Crippen LogP contribution is 2.27. The van der Waals surface area contributed by atoms with Crippen LogP contribution in [-0.4, -0.2) is 17.3 Å². The summed E-state index contributed by atoms with van der Waals surface area (Å²) in [4.78, 5) is 26.7. The number of hydrogen-bond acceptors (Lipinski definition) is 5. The third-order valence-corrected chi connectivity index (χ3v) is 4.60. The van der Waals surface area contributed by atoms with E-state index in [-0.39, 0.29) is 17.8 Å². The van der Waals surface area contributed by atoms with Crippen LogP contribution in [0, 0.1) is 0 Å². The third-order valence-electron chi connectivity index (χ3n) is 4.60. The van der Waals surface area contributed by atoms with Gasteiger partial charge in [-0.15, -0.1) is 0 Å². The molecule has 0 bridgehead atoms. The molecular formula is C25H25NO4. The Kier molecular flexibility index (Phi) is 6.86. The summed E-state index contributed by atoms with van der Waals surface area (Å²) in [5.41, 5.74) is 1.82. The van der Waals surface area contributed by atoms with Gasteiger partial charge in [0.25, 0.3) is 0 Å². The van der Waals surface area contributed by atoms with E-state index in [9.17, 15) is 9.59 Å². The summed E-state index contributed by atoms with van der Waals surface area (Å²) in [6, 6.07) is 15.1. The Bertz CT molecular complexity index is 1130. The Morgan fingerprint density at radius 1 is 1.13 bits per heavy atom. The molecule has 0 fully saturated rings. The molecular weight excluding hydrogens is 378 g/mol. The van der Waals surface area contributed by atoms with E-state index in [2.05, 4.69) is 6.58 Å². The van der Waals surface area contributed by atoms with Gasteiger partial charge in [-0.2, -0.15) is 0 Å². The molecule has 0 unspecified atom stereocenters. The first-order valence-corrected chi connectivity index (χ1v) is 9.84. The van der Waals surface area contributed by atoms with E-state index in [0.29, 0.717) is 41.2 Å². The number of allylic oxidation sites excluding steroid dienone is 1. The van der Waals surface area contributed by atoms with Gasteiger partial charge in [-0.25, -0.2) is 0 Å². The summed E-state index contributed by atoms with van der Waals surface area (Å²) in [6.07, 6.45) is 4.74. The molecule has 0 saturated heterocycles. The van der Waals surface area contributed by atoms with E-state index in [1.54, 1.807) is 24.4 Å². The first-order chi connectivity index (χ1) is 14.5. The van der Waals surface area contributed by atoms with Crippen LogP contribution in [0.25, 0.3) is 17.0 Å². The van der Waals surface area contributed by atoms with Gasteiger partial charge < -0.3 is 14.1 Å². The number of rotatable bonds is 9. The number of nitrogens with zero attached hydrogens (tertiary/aromatic N) is 1. The van der Waals surface area contributed by atoms with E-state index in [0.717, 1.165) is 5.56 Å². The van der Waals surface area contributed by atoms with Crippen molar-refractivity contribution in [3.63, 3.8) is 0 Å². The average molecular weight is 403 g/mol. The van der Waals surface area contributed by atoms with Gasteiger partial charge in [0.15, 0.2) is 22.5 Å². The van der Waals surface area contributed by atoms with Crippen LogP contribution in [0.3, 0.4) is 0 Å². The zero-order valence-corrected chi connectivity index (χ0v) is 17.3. The highest BCUT2D eigenvalue weighted by molar-refractivity contribution is 5.87. The predicted molar refractivity (Wildman–Crippen MR) is 119 cm³/mol. The number of carbonyl (C=O) groups is 1. The number of carbonyl (C=O) groups excluding carboxylic acids is 1. The Balaban J connectivity index is 2.06. The molecule has 3 rings (SSSR count). The molecule has 154 valence electrons. The van der Waals surface area contributed by atoms with E-state index in [1.165, 1.54) is 19.1 Å². The molecule has 0 spiro atoms. The monoisotopic (exact) mass is 403 g/mol. The zero-order valence-electron chi connectivity index (χ0n) is 17.3. The van der Waals surface area contributed by atoms with Crippen LogP contribution in [0.15, 0.2) is 76.6 Å². The van der Waals surface area contributed by atoms with Crippen molar-refractivity contribution in [1.29, 1.82) is 0 Å². The molecule has 0 atom stereocenters. The molecule has 0 aliphatic heterocycles. The minimum Gasteiger partial charge on any atom is -0.490 e. The standard InChI is InChI=1S/C25H25NO4/c1-4-22-21(24(28)20-12-9-13-23(29-5-2)25(20)30-22)17-26(15-14-18(3)27)16-19-10-7-6-8-11-19/h4,6-15H,1,5,16-17H2,2-3H3/b15-14+. The average Bonchev–Trinajstić information content (AvgIpc) is 2.75. The maximum absolute atomic E-state index is 13.3.